The Kier molecular flexibility index (Phi) is 10.2. The Balaban J connectivity index is 1.45. The topological polar surface area (TPSA) is 139 Å². The fourth-order valence-electron chi connectivity index (χ4n) is 3.95. The van der Waals surface area contributed by atoms with Gasteiger partial charge in [-0.2, -0.15) is 23.3 Å². The minimum absolute atomic E-state index is 0.262. The van der Waals surface area contributed by atoms with E-state index in [1.807, 2.05) is 25.0 Å². The Morgan fingerprint density at radius 2 is 1.93 bits per heavy atom. The zero-order valence-corrected chi connectivity index (χ0v) is 23.6. The predicted octanol–water partition coefficient (Wildman–Crippen LogP) is 2.98. The molecular formula is C27H32F3N9O4. The van der Waals surface area contributed by atoms with Crippen LogP contribution in [0.4, 0.5) is 42.0 Å². The van der Waals surface area contributed by atoms with E-state index in [0.29, 0.717) is 38.1 Å². The van der Waals surface area contributed by atoms with Crippen LogP contribution < -0.4 is 20.9 Å². The number of likely N-dealkylation sites (N-methyl/N-ethyl adjacent to an activating group) is 1. The number of nitrogens with one attached hydrogen (secondary N) is 3. The first-order valence-electron chi connectivity index (χ1n) is 13.2. The largest absolute Gasteiger partial charge is 0.491 e. The molecule has 2 aromatic heterocycles. The van der Waals surface area contributed by atoms with E-state index in [-0.39, 0.29) is 12.2 Å². The highest BCUT2D eigenvalue weighted by Gasteiger charge is 2.42. The second-order valence-electron chi connectivity index (χ2n) is 9.77. The number of benzene rings is 1. The molecule has 1 aliphatic heterocycles. The van der Waals surface area contributed by atoms with Crippen LogP contribution in [0, 0.1) is 0 Å². The first-order valence-corrected chi connectivity index (χ1v) is 13.2. The number of esters is 1. The Morgan fingerprint density at radius 3 is 2.65 bits per heavy atom. The van der Waals surface area contributed by atoms with E-state index >= 15 is 0 Å². The predicted molar refractivity (Wildman–Crippen MR) is 153 cm³/mol. The molecule has 1 aromatic carbocycles. The van der Waals surface area contributed by atoms with Gasteiger partial charge in [-0.1, -0.05) is 18.7 Å². The van der Waals surface area contributed by atoms with Gasteiger partial charge < -0.3 is 35.2 Å². The van der Waals surface area contributed by atoms with Gasteiger partial charge in [-0.15, -0.1) is 0 Å². The summed E-state index contributed by atoms with van der Waals surface area (Å²) in [7, 11) is 3.98. The number of morpholine rings is 1. The van der Waals surface area contributed by atoms with Crippen molar-refractivity contribution >= 4 is 40.7 Å². The van der Waals surface area contributed by atoms with Crippen LogP contribution in [0.25, 0.3) is 0 Å². The summed E-state index contributed by atoms with van der Waals surface area (Å²) in [6.07, 6.45) is 0.0397. The first-order chi connectivity index (χ1) is 20.5. The molecule has 43 heavy (non-hydrogen) atoms. The van der Waals surface area contributed by atoms with Gasteiger partial charge in [0.05, 0.1) is 43.5 Å². The number of rotatable bonds is 12. The average molecular weight is 604 g/mol. The van der Waals surface area contributed by atoms with E-state index in [0.717, 1.165) is 30.0 Å². The van der Waals surface area contributed by atoms with Crippen molar-refractivity contribution in [2.45, 2.75) is 19.3 Å². The summed E-state index contributed by atoms with van der Waals surface area (Å²) in [5, 5.41) is 13.2. The Bertz CT molecular complexity index is 1440. The number of aromatic nitrogens is 4. The van der Waals surface area contributed by atoms with Gasteiger partial charge in [0.15, 0.2) is 11.6 Å². The second kappa shape index (κ2) is 14.0. The molecule has 16 heteroatoms. The fraction of sp³-hybridized carbons (Fsp3) is 0.370. The maximum absolute atomic E-state index is 12.4. The molecule has 1 fully saturated rings. The highest BCUT2D eigenvalue weighted by molar-refractivity contribution is 6.03. The summed E-state index contributed by atoms with van der Waals surface area (Å²) in [6.45, 7) is 7.40. The molecule has 0 spiro atoms. The van der Waals surface area contributed by atoms with Crippen LogP contribution in [-0.4, -0.2) is 89.6 Å². The molecule has 0 radical (unpaired) electrons. The third-order valence-corrected chi connectivity index (χ3v) is 6.13. The lowest BCUT2D eigenvalue weighted by Crippen LogP contribution is -2.36. The second-order valence-corrected chi connectivity index (χ2v) is 9.77. The van der Waals surface area contributed by atoms with E-state index < -0.39 is 23.8 Å². The van der Waals surface area contributed by atoms with Crippen LogP contribution >= 0.6 is 0 Å². The van der Waals surface area contributed by atoms with Gasteiger partial charge in [-0.3, -0.25) is 9.48 Å². The number of carbonyl (C=O) groups excluding carboxylic acids is 2. The number of carbonyl (C=O) groups is 2. The van der Waals surface area contributed by atoms with E-state index in [4.69, 9.17) is 9.72 Å². The van der Waals surface area contributed by atoms with Crippen molar-refractivity contribution in [2.75, 3.05) is 67.8 Å². The van der Waals surface area contributed by atoms with Crippen LogP contribution in [-0.2, 0) is 32.2 Å². The monoisotopic (exact) mass is 603 g/mol. The van der Waals surface area contributed by atoms with Gasteiger partial charge in [-0.25, -0.2) is 9.78 Å². The summed E-state index contributed by atoms with van der Waals surface area (Å²) in [5.41, 5.74) is 2.50. The molecule has 13 nitrogen and oxygen atoms in total. The molecule has 230 valence electrons. The van der Waals surface area contributed by atoms with Crippen LogP contribution in [0.5, 0.6) is 0 Å². The highest BCUT2D eigenvalue weighted by atomic mass is 19.4. The number of amides is 1. The van der Waals surface area contributed by atoms with Crippen molar-refractivity contribution in [1.29, 1.82) is 0 Å². The summed E-state index contributed by atoms with van der Waals surface area (Å²) in [6, 6.07) is 6.59. The van der Waals surface area contributed by atoms with Crippen molar-refractivity contribution < 1.29 is 32.2 Å². The molecule has 0 bridgehead atoms. The van der Waals surface area contributed by atoms with Crippen LogP contribution in [0.2, 0.25) is 0 Å². The maximum atomic E-state index is 12.4. The van der Waals surface area contributed by atoms with Gasteiger partial charge in [0.2, 0.25) is 5.95 Å². The zero-order chi connectivity index (χ0) is 31.0. The molecule has 4 rings (SSSR count). The van der Waals surface area contributed by atoms with Crippen molar-refractivity contribution in [3.63, 3.8) is 0 Å². The molecule has 1 aliphatic rings. The zero-order valence-electron chi connectivity index (χ0n) is 23.6. The number of alkyl halides is 3. The number of anilines is 5. The Labute approximate surface area is 245 Å². The minimum atomic E-state index is -5.25. The summed E-state index contributed by atoms with van der Waals surface area (Å²) in [4.78, 5) is 36.6. The van der Waals surface area contributed by atoms with Gasteiger partial charge in [0.1, 0.15) is 0 Å². The molecule has 0 saturated carbocycles. The summed E-state index contributed by atoms with van der Waals surface area (Å²) in [5.74, 6) is -3.68. The van der Waals surface area contributed by atoms with Crippen LogP contribution in [0.15, 0.2) is 55.2 Å². The highest BCUT2D eigenvalue weighted by Crippen LogP contribution is 2.27. The summed E-state index contributed by atoms with van der Waals surface area (Å²) < 4.78 is 48.6. The van der Waals surface area contributed by atoms with Gasteiger partial charge >= 0.3 is 12.1 Å². The van der Waals surface area contributed by atoms with E-state index in [2.05, 4.69) is 47.1 Å². The molecular weight excluding hydrogens is 571 g/mol. The van der Waals surface area contributed by atoms with Gasteiger partial charge in [0.25, 0.3) is 5.91 Å². The SMILES string of the molecule is C=C(OC(=O)C(F)(F)F)C(=O)Nc1cccc(CNc2nc(Nc3cnn(CCN(C)C)c3)ncc2N2CCOCC2)c1. The fourth-order valence-corrected chi connectivity index (χ4v) is 3.95. The molecule has 3 N–H and O–H groups in total. The molecule has 0 atom stereocenters. The van der Waals surface area contributed by atoms with Gasteiger partial charge in [0, 0.05) is 38.1 Å². The van der Waals surface area contributed by atoms with Crippen molar-refractivity contribution in [3.05, 3.63) is 60.8 Å². The lowest BCUT2D eigenvalue weighted by atomic mass is 10.2. The normalized spacial score (nSPS) is 13.5. The van der Waals surface area contributed by atoms with Crippen molar-refractivity contribution in [2.24, 2.45) is 0 Å². The molecule has 3 aromatic rings. The number of halogens is 3. The van der Waals surface area contributed by atoms with Crippen molar-refractivity contribution in [1.82, 2.24) is 24.6 Å². The Hall–Kier alpha value is -4.70. The molecule has 0 unspecified atom stereocenters. The van der Waals surface area contributed by atoms with Crippen LogP contribution in [0.1, 0.15) is 5.56 Å². The lowest BCUT2D eigenvalue weighted by molar-refractivity contribution is -0.195. The molecule has 1 saturated heterocycles. The number of ether oxygens (including phenoxy) is 2. The summed E-state index contributed by atoms with van der Waals surface area (Å²) >= 11 is 0. The molecule has 0 aliphatic carbocycles. The molecule has 1 amide bonds. The standard InChI is InChI=1S/C27H32F3N9O4/c1-18(43-25(41)27(28,29)30)24(40)34-20-6-4-5-19(13-20)14-31-23-22(38-9-11-42-12-10-38)16-32-26(36-23)35-21-15-33-39(17-21)8-7-37(2)3/h4-6,13,15-17H,1,7-12,14H2,2-3H3,(H,34,40)(H2,31,32,35,36). The first kappa shape index (κ1) is 31.2. The maximum Gasteiger partial charge on any atom is 0.491 e. The minimum Gasteiger partial charge on any atom is -0.415 e. The third-order valence-electron chi connectivity index (χ3n) is 6.13. The van der Waals surface area contributed by atoms with E-state index in [1.54, 1.807) is 30.6 Å². The average Bonchev–Trinajstić information content (AvgIpc) is 3.42. The van der Waals surface area contributed by atoms with Crippen LogP contribution in [0.3, 0.4) is 0 Å². The van der Waals surface area contributed by atoms with Crippen molar-refractivity contribution in [3.8, 4) is 0 Å². The lowest BCUT2D eigenvalue weighted by Gasteiger charge is -2.30. The van der Waals surface area contributed by atoms with E-state index in [1.165, 1.54) is 6.07 Å². The van der Waals surface area contributed by atoms with Gasteiger partial charge in [-0.05, 0) is 31.8 Å². The quantitative estimate of drug-likeness (QED) is 0.160. The third kappa shape index (κ3) is 9.14. The van der Waals surface area contributed by atoms with E-state index in [9.17, 15) is 22.8 Å². The number of nitrogens with zero attached hydrogens (tertiary/aromatic N) is 6. The number of hydrogen-bond acceptors (Lipinski definition) is 11. The smallest absolute Gasteiger partial charge is 0.415 e. The molecule has 3 heterocycles. The number of hydrogen-bond donors (Lipinski definition) is 3. The Morgan fingerprint density at radius 1 is 1.16 bits per heavy atom.